The molecule has 0 aromatic heterocycles. The van der Waals surface area contributed by atoms with Crippen molar-refractivity contribution >= 4 is 16.8 Å². The van der Waals surface area contributed by atoms with E-state index in [2.05, 4.69) is 0 Å². The minimum absolute atomic E-state index is 0.124. The first-order chi connectivity index (χ1) is 10.4. The van der Waals surface area contributed by atoms with Gasteiger partial charge in [-0.25, -0.2) is 4.39 Å². The molecule has 0 aliphatic heterocycles. The summed E-state index contributed by atoms with van der Waals surface area (Å²) in [5.74, 6) is -2.03. The molecule has 0 radical (unpaired) electrons. The molecule has 5 heteroatoms. The maximum Gasteiger partial charge on any atom is 0.306 e. The molecule has 22 heavy (non-hydrogen) atoms. The van der Waals surface area contributed by atoms with Crippen LogP contribution in [0.3, 0.4) is 0 Å². The smallest absolute Gasteiger partial charge is 0.306 e. The van der Waals surface area contributed by atoms with Crippen LogP contribution in [-0.4, -0.2) is 21.5 Å². The van der Waals surface area contributed by atoms with Crippen molar-refractivity contribution in [3.63, 3.8) is 0 Å². The lowest BCUT2D eigenvalue weighted by Gasteiger charge is -2.13. The molecule has 2 aromatic rings. The summed E-state index contributed by atoms with van der Waals surface area (Å²) in [5, 5.41) is 9.04. The number of halogens is 1. The highest BCUT2D eigenvalue weighted by Gasteiger charge is 2.18. The van der Waals surface area contributed by atoms with E-state index in [1.54, 1.807) is 49.6 Å². The Hall–Kier alpha value is -2.01. The maximum absolute atomic E-state index is 14.1. The molecule has 0 fully saturated rings. The van der Waals surface area contributed by atoms with Gasteiger partial charge in [0.1, 0.15) is 5.82 Å². The standard InChI is InChI=1S/C17H17FO3S/c1-11(17(19)20)10-15-14(4-3-5-16(15)18)12-6-8-13(9-7-12)22(2)21/h3-9,11H,10H2,1-2H3,(H,19,20). The molecule has 2 rings (SSSR count). The van der Waals surface area contributed by atoms with Crippen LogP contribution in [0.5, 0.6) is 0 Å². The maximum atomic E-state index is 14.1. The summed E-state index contributed by atoms with van der Waals surface area (Å²) in [6.07, 6.45) is 1.72. The Morgan fingerprint density at radius 1 is 1.23 bits per heavy atom. The van der Waals surface area contributed by atoms with E-state index in [1.807, 2.05) is 0 Å². The lowest BCUT2D eigenvalue weighted by Crippen LogP contribution is -2.13. The molecule has 0 spiro atoms. The van der Waals surface area contributed by atoms with Crippen molar-refractivity contribution in [3.05, 3.63) is 53.8 Å². The van der Waals surface area contributed by atoms with Crippen molar-refractivity contribution < 1.29 is 18.5 Å². The molecule has 1 N–H and O–H groups in total. The largest absolute Gasteiger partial charge is 0.481 e. The van der Waals surface area contributed by atoms with Crippen LogP contribution in [0.15, 0.2) is 47.4 Å². The van der Waals surface area contributed by atoms with Crippen molar-refractivity contribution in [2.45, 2.75) is 18.2 Å². The summed E-state index contributed by atoms with van der Waals surface area (Å²) in [4.78, 5) is 11.7. The quantitative estimate of drug-likeness (QED) is 0.917. The van der Waals surface area contributed by atoms with Crippen molar-refractivity contribution in [2.24, 2.45) is 5.92 Å². The first-order valence-corrected chi connectivity index (χ1v) is 8.40. The van der Waals surface area contributed by atoms with Gasteiger partial charge in [0.05, 0.1) is 5.92 Å². The second-order valence-electron chi connectivity index (χ2n) is 5.19. The van der Waals surface area contributed by atoms with Crippen LogP contribution in [0.4, 0.5) is 4.39 Å². The van der Waals surface area contributed by atoms with Gasteiger partial charge in [-0.2, -0.15) is 0 Å². The fraction of sp³-hybridized carbons (Fsp3) is 0.235. The SMILES string of the molecule is CC(Cc1c(F)cccc1-c1ccc(S(C)=O)cc1)C(=O)O. The molecule has 116 valence electrons. The summed E-state index contributed by atoms with van der Waals surface area (Å²) in [5.41, 5.74) is 1.84. The molecule has 0 heterocycles. The van der Waals surface area contributed by atoms with E-state index in [-0.39, 0.29) is 6.42 Å². The van der Waals surface area contributed by atoms with Gasteiger partial charge in [-0.1, -0.05) is 31.2 Å². The second-order valence-corrected chi connectivity index (χ2v) is 6.57. The van der Waals surface area contributed by atoms with Gasteiger partial charge in [0.15, 0.2) is 0 Å². The van der Waals surface area contributed by atoms with Crippen LogP contribution in [0.1, 0.15) is 12.5 Å². The monoisotopic (exact) mass is 320 g/mol. The highest BCUT2D eigenvalue weighted by atomic mass is 32.2. The van der Waals surface area contributed by atoms with Gasteiger partial charge in [0, 0.05) is 22.0 Å². The molecule has 2 unspecified atom stereocenters. The molecule has 2 atom stereocenters. The number of hydrogen-bond acceptors (Lipinski definition) is 2. The summed E-state index contributed by atoms with van der Waals surface area (Å²) in [7, 11) is -1.07. The minimum Gasteiger partial charge on any atom is -0.481 e. The van der Waals surface area contributed by atoms with E-state index in [0.717, 1.165) is 5.56 Å². The predicted octanol–water partition coefficient (Wildman–Crippen LogP) is 3.49. The van der Waals surface area contributed by atoms with Gasteiger partial charge in [-0.3, -0.25) is 9.00 Å². The van der Waals surface area contributed by atoms with Gasteiger partial charge in [0.25, 0.3) is 0 Å². The average Bonchev–Trinajstić information content (AvgIpc) is 2.49. The first kappa shape index (κ1) is 16.4. The van der Waals surface area contributed by atoms with Crippen molar-refractivity contribution in [1.29, 1.82) is 0 Å². The van der Waals surface area contributed by atoms with Crippen LogP contribution in [0.25, 0.3) is 11.1 Å². The fourth-order valence-corrected chi connectivity index (χ4v) is 2.78. The van der Waals surface area contributed by atoms with E-state index in [4.69, 9.17) is 5.11 Å². The number of carboxylic acid groups (broad SMARTS) is 1. The normalized spacial score (nSPS) is 13.6. The molecule has 0 amide bonds. The topological polar surface area (TPSA) is 54.4 Å². The summed E-state index contributed by atoms with van der Waals surface area (Å²) < 4.78 is 25.5. The van der Waals surface area contributed by atoms with E-state index in [0.29, 0.717) is 16.0 Å². The number of aliphatic carboxylic acids is 1. The highest BCUT2D eigenvalue weighted by molar-refractivity contribution is 7.84. The zero-order chi connectivity index (χ0) is 16.3. The predicted molar refractivity (Wildman–Crippen MR) is 84.7 cm³/mol. The number of carboxylic acids is 1. The van der Waals surface area contributed by atoms with Gasteiger partial charge >= 0.3 is 5.97 Å². The van der Waals surface area contributed by atoms with Gasteiger partial charge < -0.3 is 5.11 Å². The van der Waals surface area contributed by atoms with E-state index in [1.165, 1.54) is 6.07 Å². The lowest BCUT2D eigenvalue weighted by atomic mass is 9.92. The summed E-state index contributed by atoms with van der Waals surface area (Å²) >= 11 is 0. The Balaban J connectivity index is 2.44. The highest BCUT2D eigenvalue weighted by Crippen LogP contribution is 2.28. The van der Waals surface area contributed by atoms with Crippen LogP contribution in [0.2, 0.25) is 0 Å². The second kappa shape index (κ2) is 6.83. The summed E-state index contributed by atoms with van der Waals surface area (Å²) in [6, 6.07) is 11.7. The Bertz CT molecular complexity index is 710. The Morgan fingerprint density at radius 3 is 2.41 bits per heavy atom. The van der Waals surface area contributed by atoms with Gasteiger partial charge in [-0.05, 0) is 41.3 Å². The third-order valence-electron chi connectivity index (χ3n) is 3.55. The minimum atomic E-state index is -1.07. The van der Waals surface area contributed by atoms with Crippen molar-refractivity contribution in [3.8, 4) is 11.1 Å². The number of benzene rings is 2. The molecule has 0 bridgehead atoms. The molecule has 0 aliphatic rings. The fourth-order valence-electron chi connectivity index (χ4n) is 2.26. The molecule has 2 aromatic carbocycles. The number of hydrogen-bond donors (Lipinski definition) is 1. The number of carbonyl (C=O) groups is 1. The number of rotatable bonds is 5. The van der Waals surface area contributed by atoms with Crippen LogP contribution < -0.4 is 0 Å². The summed E-state index contributed by atoms with van der Waals surface area (Å²) in [6.45, 7) is 1.56. The Kier molecular flexibility index (Phi) is 5.08. The van der Waals surface area contributed by atoms with E-state index in [9.17, 15) is 13.4 Å². The van der Waals surface area contributed by atoms with Gasteiger partial charge in [0.2, 0.25) is 0 Å². The van der Waals surface area contributed by atoms with Crippen LogP contribution in [-0.2, 0) is 22.0 Å². The Labute approximate surface area is 131 Å². The average molecular weight is 320 g/mol. The molecule has 0 saturated heterocycles. The molecule has 0 aliphatic carbocycles. The first-order valence-electron chi connectivity index (χ1n) is 6.84. The molecule has 3 nitrogen and oxygen atoms in total. The molecular formula is C17H17FO3S. The Morgan fingerprint density at radius 2 is 1.86 bits per heavy atom. The van der Waals surface area contributed by atoms with E-state index < -0.39 is 28.5 Å². The van der Waals surface area contributed by atoms with Crippen LogP contribution in [0, 0.1) is 11.7 Å². The van der Waals surface area contributed by atoms with Crippen molar-refractivity contribution in [1.82, 2.24) is 0 Å². The van der Waals surface area contributed by atoms with Crippen LogP contribution >= 0.6 is 0 Å². The molecule has 0 saturated carbocycles. The third kappa shape index (κ3) is 3.60. The molecular weight excluding hydrogens is 303 g/mol. The third-order valence-corrected chi connectivity index (χ3v) is 4.48. The lowest BCUT2D eigenvalue weighted by molar-refractivity contribution is -0.141. The zero-order valence-electron chi connectivity index (χ0n) is 12.4. The van der Waals surface area contributed by atoms with E-state index >= 15 is 0 Å². The van der Waals surface area contributed by atoms with Crippen molar-refractivity contribution in [2.75, 3.05) is 6.26 Å². The van der Waals surface area contributed by atoms with Gasteiger partial charge in [-0.15, -0.1) is 0 Å². The zero-order valence-corrected chi connectivity index (χ0v) is 13.2.